The van der Waals surface area contributed by atoms with Crippen molar-refractivity contribution in [3.63, 3.8) is 0 Å². The van der Waals surface area contributed by atoms with E-state index in [1.54, 1.807) is 0 Å². The maximum atomic E-state index is 6.30. The van der Waals surface area contributed by atoms with Gasteiger partial charge in [-0.25, -0.2) is 0 Å². The van der Waals surface area contributed by atoms with Crippen LogP contribution in [0.25, 0.3) is 0 Å². The molecule has 0 bridgehead atoms. The number of hydrogen-bond donors (Lipinski definition) is 0. The summed E-state index contributed by atoms with van der Waals surface area (Å²) in [6.07, 6.45) is 16.8. The minimum absolute atomic E-state index is 0.561. The molecule has 1 nitrogen and oxygen atoms in total. The van der Waals surface area contributed by atoms with E-state index in [9.17, 15) is 0 Å². The standard InChI is InChI=1S/C28H48O/c1-18(2)8-7-9-19(3)22-10-11-23-21-16-25(29-6)28-17-20(28)12-15-27(28,5)24(21)13-14-26(22,23)4/h18-25H,7-17H2,1-6H3/t19-,20-,21-,22-,23+,24+,25-,26+,27+,28+/m1/s1. The predicted octanol–water partition coefficient (Wildman–Crippen LogP) is 7.73. The van der Waals surface area contributed by atoms with Crippen molar-refractivity contribution in [3.05, 3.63) is 0 Å². The zero-order chi connectivity index (χ0) is 20.6. The molecular formula is C28H48O. The summed E-state index contributed by atoms with van der Waals surface area (Å²) in [5.74, 6) is 6.68. The van der Waals surface area contributed by atoms with Crippen LogP contribution in [0.4, 0.5) is 0 Å². The lowest BCUT2D eigenvalue weighted by Crippen LogP contribution is -2.57. The van der Waals surface area contributed by atoms with E-state index in [0.717, 1.165) is 41.4 Å². The van der Waals surface area contributed by atoms with Gasteiger partial charge in [0, 0.05) is 12.5 Å². The monoisotopic (exact) mass is 400 g/mol. The smallest absolute Gasteiger partial charge is 0.0638 e. The summed E-state index contributed by atoms with van der Waals surface area (Å²) in [5.41, 5.74) is 1.78. The summed E-state index contributed by atoms with van der Waals surface area (Å²) >= 11 is 0. The van der Waals surface area contributed by atoms with Gasteiger partial charge < -0.3 is 4.74 Å². The second-order valence-electron chi connectivity index (χ2n) is 13.3. The van der Waals surface area contributed by atoms with Gasteiger partial charge >= 0.3 is 0 Å². The van der Waals surface area contributed by atoms with Crippen molar-refractivity contribution in [2.45, 2.75) is 111 Å². The third-order valence-electron chi connectivity index (χ3n) is 12.0. The van der Waals surface area contributed by atoms with Crippen LogP contribution in [0, 0.1) is 57.7 Å². The molecule has 5 rings (SSSR count). The van der Waals surface area contributed by atoms with Gasteiger partial charge in [0.1, 0.15) is 0 Å². The first kappa shape index (κ1) is 20.8. The highest BCUT2D eigenvalue weighted by Gasteiger charge is 2.77. The first-order valence-electron chi connectivity index (χ1n) is 13.3. The van der Waals surface area contributed by atoms with Crippen LogP contribution in [0.1, 0.15) is 105 Å². The van der Waals surface area contributed by atoms with Crippen LogP contribution < -0.4 is 0 Å². The Morgan fingerprint density at radius 3 is 2.41 bits per heavy atom. The van der Waals surface area contributed by atoms with Crippen molar-refractivity contribution in [3.8, 4) is 0 Å². The zero-order valence-electron chi connectivity index (χ0n) is 20.3. The molecule has 0 radical (unpaired) electrons. The molecule has 0 aliphatic heterocycles. The van der Waals surface area contributed by atoms with Gasteiger partial charge in [0.05, 0.1) is 6.10 Å². The maximum Gasteiger partial charge on any atom is 0.0638 e. The summed E-state index contributed by atoms with van der Waals surface area (Å²) in [4.78, 5) is 0. The largest absolute Gasteiger partial charge is 0.381 e. The van der Waals surface area contributed by atoms with Crippen LogP contribution in [0.5, 0.6) is 0 Å². The molecule has 0 amide bonds. The van der Waals surface area contributed by atoms with Crippen molar-refractivity contribution in [1.29, 1.82) is 0 Å². The van der Waals surface area contributed by atoms with E-state index in [-0.39, 0.29) is 0 Å². The van der Waals surface area contributed by atoms with Gasteiger partial charge in [-0.2, -0.15) is 0 Å². The maximum absolute atomic E-state index is 6.30. The normalized spacial score (nSPS) is 53.9. The van der Waals surface area contributed by atoms with E-state index >= 15 is 0 Å². The molecule has 0 aromatic heterocycles. The highest BCUT2D eigenvalue weighted by molar-refractivity contribution is 5.26. The lowest BCUT2D eigenvalue weighted by molar-refractivity contribution is -0.161. The minimum atomic E-state index is 0.561. The highest BCUT2D eigenvalue weighted by atomic mass is 16.5. The quantitative estimate of drug-likeness (QED) is 0.443. The summed E-state index contributed by atoms with van der Waals surface area (Å²) in [7, 11) is 2.03. The van der Waals surface area contributed by atoms with Gasteiger partial charge in [-0.05, 0) is 104 Å². The van der Waals surface area contributed by atoms with Gasteiger partial charge in [-0.15, -0.1) is 0 Å². The van der Waals surface area contributed by atoms with E-state index in [0.29, 0.717) is 22.3 Å². The van der Waals surface area contributed by atoms with Crippen molar-refractivity contribution in [1.82, 2.24) is 0 Å². The number of rotatable bonds is 6. The van der Waals surface area contributed by atoms with Crippen LogP contribution in [0.15, 0.2) is 0 Å². The summed E-state index contributed by atoms with van der Waals surface area (Å²) < 4.78 is 6.30. The van der Waals surface area contributed by atoms with Crippen LogP contribution in [0.2, 0.25) is 0 Å². The number of methoxy groups -OCH3 is 1. The Balaban J connectivity index is 1.35. The Bertz CT molecular complexity index is 626. The van der Waals surface area contributed by atoms with E-state index in [1.807, 2.05) is 7.11 Å². The van der Waals surface area contributed by atoms with E-state index < -0.39 is 0 Å². The lowest BCUT2D eigenvalue weighted by Gasteiger charge is -2.61. The average Bonchev–Trinajstić information content (AvgIpc) is 3.18. The summed E-state index contributed by atoms with van der Waals surface area (Å²) in [5, 5.41) is 0. The van der Waals surface area contributed by atoms with Gasteiger partial charge in [0.2, 0.25) is 0 Å². The number of hydrogen-bond acceptors (Lipinski definition) is 1. The molecule has 1 heteroatoms. The van der Waals surface area contributed by atoms with Crippen LogP contribution in [0.3, 0.4) is 0 Å². The van der Waals surface area contributed by atoms with Crippen LogP contribution in [-0.4, -0.2) is 13.2 Å². The van der Waals surface area contributed by atoms with E-state index in [4.69, 9.17) is 4.74 Å². The molecule has 0 heterocycles. The Labute approximate surface area is 181 Å². The van der Waals surface area contributed by atoms with Gasteiger partial charge in [-0.1, -0.05) is 53.9 Å². The molecule has 5 fully saturated rings. The Kier molecular flexibility index (Phi) is 5.02. The fourth-order valence-electron chi connectivity index (χ4n) is 10.6. The Morgan fingerprint density at radius 2 is 1.72 bits per heavy atom. The third-order valence-corrected chi connectivity index (χ3v) is 12.0. The first-order chi connectivity index (χ1) is 13.8. The van der Waals surface area contributed by atoms with Crippen LogP contribution in [-0.2, 0) is 4.74 Å². The van der Waals surface area contributed by atoms with Crippen molar-refractivity contribution < 1.29 is 4.74 Å². The fourth-order valence-corrected chi connectivity index (χ4v) is 10.6. The van der Waals surface area contributed by atoms with E-state index in [2.05, 4.69) is 34.6 Å². The molecule has 5 aliphatic rings. The predicted molar refractivity (Wildman–Crippen MR) is 122 cm³/mol. The molecule has 10 atom stereocenters. The summed E-state index contributed by atoms with van der Waals surface area (Å²) in [6, 6.07) is 0. The Hall–Kier alpha value is -0.0400. The number of fused-ring (bicyclic) bond motifs is 4. The SMILES string of the molecule is CO[C@@H]1C[C@@H]2[C@@H]3CC[C@H]([C@H](C)CCCC(C)C)[C@]3(C)CC[C@@H]2[C@]2(C)CC[C@@H]3C[C@]312. The van der Waals surface area contributed by atoms with Gasteiger partial charge in [0.25, 0.3) is 0 Å². The van der Waals surface area contributed by atoms with Crippen LogP contribution >= 0.6 is 0 Å². The number of ether oxygens (including phenoxy) is 1. The van der Waals surface area contributed by atoms with Crippen molar-refractivity contribution in [2.75, 3.05) is 7.11 Å². The molecule has 0 unspecified atom stereocenters. The second-order valence-corrected chi connectivity index (χ2v) is 13.3. The molecule has 0 aromatic carbocycles. The zero-order valence-corrected chi connectivity index (χ0v) is 20.3. The Morgan fingerprint density at radius 1 is 0.931 bits per heavy atom. The molecule has 5 saturated carbocycles. The summed E-state index contributed by atoms with van der Waals surface area (Å²) in [6.45, 7) is 12.8. The van der Waals surface area contributed by atoms with E-state index in [1.165, 1.54) is 70.6 Å². The molecule has 166 valence electrons. The molecule has 29 heavy (non-hydrogen) atoms. The first-order valence-corrected chi connectivity index (χ1v) is 13.3. The van der Waals surface area contributed by atoms with Crippen molar-refractivity contribution >= 4 is 0 Å². The van der Waals surface area contributed by atoms with Gasteiger partial charge in [0.15, 0.2) is 0 Å². The fraction of sp³-hybridized carbons (Fsp3) is 1.00. The molecule has 5 aliphatic carbocycles. The topological polar surface area (TPSA) is 9.23 Å². The molecule has 1 spiro atoms. The third kappa shape index (κ3) is 2.74. The minimum Gasteiger partial charge on any atom is -0.381 e. The molecule has 0 N–H and O–H groups in total. The van der Waals surface area contributed by atoms with Gasteiger partial charge in [-0.3, -0.25) is 0 Å². The molecule has 0 saturated heterocycles. The van der Waals surface area contributed by atoms with Crippen molar-refractivity contribution in [2.24, 2.45) is 57.7 Å². The molecule has 0 aromatic rings. The second kappa shape index (κ2) is 6.98. The highest BCUT2D eigenvalue weighted by Crippen LogP contribution is 2.82. The average molecular weight is 401 g/mol. The molecular weight excluding hydrogens is 352 g/mol. The lowest BCUT2D eigenvalue weighted by atomic mass is 9.45.